The van der Waals surface area contributed by atoms with Crippen LogP contribution in [0.25, 0.3) is 0 Å². The second-order valence-corrected chi connectivity index (χ2v) is 7.38. The fourth-order valence-electron chi connectivity index (χ4n) is 2.33. The van der Waals surface area contributed by atoms with E-state index in [2.05, 4.69) is 0 Å². The molecule has 2 N–H and O–H groups in total. The molecule has 1 heterocycles. The zero-order valence-electron chi connectivity index (χ0n) is 11.3. The first kappa shape index (κ1) is 15.4. The number of nitrogens with two attached hydrogens (primary N) is 1. The molecule has 0 radical (unpaired) electrons. The van der Waals surface area contributed by atoms with Gasteiger partial charge < -0.3 is 10.6 Å². The van der Waals surface area contributed by atoms with Crippen molar-refractivity contribution >= 4 is 15.7 Å². The van der Waals surface area contributed by atoms with E-state index in [0.29, 0.717) is 19.5 Å². The van der Waals surface area contributed by atoms with Gasteiger partial charge in [0.15, 0.2) is 9.84 Å². The van der Waals surface area contributed by atoms with Gasteiger partial charge in [-0.3, -0.25) is 4.79 Å². The van der Waals surface area contributed by atoms with Crippen molar-refractivity contribution in [1.29, 1.82) is 0 Å². The van der Waals surface area contributed by atoms with Crippen LogP contribution in [0.3, 0.4) is 0 Å². The van der Waals surface area contributed by atoms with Gasteiger partial charge in [-0.25, -0.2) is 8.42 Å². The maximum atomic E-state index is 12.0. The molecule has 0 aromatic heterocycles. The highest BCUT2D eigenvalue weighted by Crippen LogP contribution is 2.19. The zero-order valence-corrected chi connectivity index (χ0v) is 12.1. The lowest BCUT2D eigenvalue weighted by molar-refractivity contribution is -0.130. The van der Waals surface area contributed by atoms with Crippen LogP contribution in [0.2, 0.25) is 0 Å². The molecule has 1 rings (SSSR count). The van der Waals surface area contributed by atoms with Crippen molar-refractivity contribution in [3.05, 3.63) is 0 Å². The van der Waals surface area contributed by atoms with E-state index in [1.54, 1.807) is 11.8 Å². The first-order valence-corrected chi connectivity index (χ1v) is 8.41. The molecule has 1 saturated heterocycles. The second-order valence-electron chi connectivity index (χ2n) is 5.19. The normalized spacial score (nSPS) is 22.8. The molecule has 2 atom stereocenters. The Bertz CT molecular complexity index is 379. The number of nitrogens with zero attached hydrogens (tertiary/aromatic N) is 1. The third kappa shape index (κ3) is 4.57. The molecule has 5 nitrogen and oxygen atoms in total. The quantitative estimate of drug-likeness (QED) is 0.788. The SMILES string of the molecule is CCCS(=O)(=O)CC(=O)N1CCCC(C(C)N)C1. The van der Waals surface area contributed by atoms with E-state index >= 15 is 0 Å². The lowest BCUT2D eigenvalue weighted by Gasteiger charge is -2.34. The van der Waals surface area contributed by atoms with Crippen LogP contribution in [0.5, 0.6) is 0 Å². The van der Waals surface area contributed by atoms with Crippen molar-refractivity contribution < 1.29 is 13.2 Å². The number of piperidine rings is 1. The van der Waals surface area contributed by atoms with Gasteiger partial charge in [0, 0.05) is 19.1 Å². The number of hydrogen-bond donors (Lipinski definition) is 1. The van der Waals surface area contributed by atoms with Gasteiger partial charge in [-0.1, -0.05) is 6.92 Å². The first-order chi connectivity index (χ1) is 8.35. The van der Waals surface area contributed by atoms with Crippen molar-refractivity contribution in [3.63, 3.8) is 0 Å². The largest absolute Gasteiger partial charge is 0.341 e. The molecule has 0 aliphatic carbocycles. The van der Waals surface area contributed by atoms with Crippen LogP contribution in [-0.2, 0) is 14.6 Å². The summed E-state index contributed by atoms with van der Waals surface area (Å²) in [5.74, 6) is -0.249. The Hall–Kier alpha value is -0.620. The highest BCUT2D eigenvalue weighted by molar-refractivity contribution is 7.92. The van der Waals surface area contributed by atoms with Crippen LogP contribution in [0.15, 0.2) is 0 Å². The molecule has 2 unspecified atom stereocenters. The lowest BCUT2D eigenvalue weighted by Crippen LogP contribution is -2.46. The second kappa shape index (κ2) is 6.52. The summed E-state index contributed by atoms with van der Waals surface area (Å²) >= 11 is 0. The van der Waals surface area contributed by atoms with Gasteiger partial charge in [-0.05, 0) is 32.1 Å². The predicted octanol–water partition coefficient (Wildman–Crippen LogP) is 0.397. The van der Waals surface area contributed by atoms with Crippen LogP contribution in [0.1, 0.15) is 33.1 Å². The van der Waals surface area contributed by atoms with Gasteiger partial charge >= 0.3 is 0 Å². The number of amides is 1. The van der Waals surface area contributed by atoms with E-state index in [-0.39, 0.29) is 29.4 Å². The Kier molecular flexibility index (Phi) is 5.59. The molecular weight excluding hydrogens is 252 g/mol. The average molecular weight is 276 g/mol. The summed E-state index contributed by atoms with van der Waals surface area (Å²) in [4.78, 5) is 13.6. The van der Waals surface area contributed by atoms with Crippen molar-refractivity contribution in [2.75, 3.05) is 24.6 Å². The molecule has 6 heteroatoms. The summed E-state index contributed by atoms with van der Waals surface area (Å²) < 4.78 is 23.3. The minimum absolute atomic E-state index is 0.0489. The number of sulfone groups is 1. The Balaban J connectivity index is 2.56. The van der Waals surface area contributed by atoms with E-state index in [1.165, 1.54) is 0 Å². The minimum Gasteiger partial charge on any atom is -0.341 e. The van der Waals surface area contributed by atoms with Crippen LogP contribution in [0, 0.1) is 5.92 Å². The van der Waals surface area contributed by atoms with Crippen molar-refractivity contribution in [2.24, 2.45) is 11.7 Å². The number of carbonyl (C=O) groups is 1. The Morgan fingerprint density at radius 3 is 2.72 bits per heavy atom. The molecule has 0 aromatic carbocycles. The van der Waals surface area contributed by atoms with E-state index < -0.39 is 9.84 Å². The van der Waals surface area contributed by atoms with Crippen LogP contribution >= 0.6 is 0 Å². The summed E-state index contributed by atoms with van der Waals surface area (Å²) in [5, 5.41) is 0. The van der Waals surface area contributed by atoms with Gasteiger partial charge in [0.1, 0.15) is 5.75 Å². The molecule has 18 heavy (non-hydrogen) atoms. The highest BCUT2D eigenvalue weighted by atomic mass is 32.2. The highest BCUT2D eigenvalue weighted by Gasteiger charge is 2.28. The van der Waals surface area contributed by atoms with Crippen LogP contribution in [0.4, 0.5) is 0 Å². The van der Waals surface area contributed by atoms with Gasteiger partial charge in [-0.15, -0.1) is 0 Å². The van der Waals surface area contributed by atoms with Crippen molar-refractivity contribution in [2.45, 2.75) is 39.2 Å². The molecule has 106 valence electrons. The van der Waals surface area contributed by atoms with E-state index in [1.807, 2.05) is 6.92 Å². The summed E-state index contributed by atoms with van der Waals surface area (Å²) in [7, 11) is -3.24. The smallest absolute Gasteiger partial charge is 0.237 e. The molecule has 1 aliphatic rings. The fraction of sp³-hybridized carbons (Fsp3) is 0.917. The number of carbonyl (C=O) groups excluding carboxylic acids is 1. The monoisotopic (exact) mass is 276 g/mol. The molecular formula is C12H24N2O3S. The minimum atomic E-state index is -3.24. The van der Waals surface area contributed by atoms with E-state index in [9.17, 15) is 13.2 Å². The molecule has 1 amide bonds. The van der Waals surface area contributed by atoms with Crippen molar-refractivity contribution in [1.82, 2.24) is 4.90 Å². The maximum Gasteiger partial charge on any atom is 0.237 e. The molecule has 0 bridgehead atoms. The average Bonchev–Trinajstić information content (AvgIpc) is 2.28. The number of hydrogen-bond acceptors (Lipinski definition) is 4. The molecule has 0 aromatic rings. The number of likely N-dealkylation sites (tertiary alicyclic amines) is 1. The molecule has 0 saturated carbocycles. The fourth-order valence-corrected chi connectivity index (χ4v) is 3.65. The molecule has 0 spiro atoms. The van der Waals surface area contributed by atoms with E-state index in [4.69, 9.17) is 5.73 Å². The topological polar surface area (TPSA) is 80.5 Å². The van der Waals surface area contributed by atoms with E-state index in [0.717, 1.165) is 12.8 Å². The summed E-state index contributed by atoms with van der Waals surface area (Å²) in [6, 6.07) is 0.0489. The standard InChI is InChI=1S/C12H24N2O3S/c1-3-7-18(16,17)9-12(15)14-6-4-5-11(8-14)10(2)13/h10-11H,3-9,13H2,1-2H3. The van der Waals surface area contributed by atoms with Crippen LogP contribution < -0.4 is 5.73 Å². The first-order valence-electron chi connectivity index (χ1n) is 6.59. The summed E-state index contributed by atoms with van der Waals surface area (Å²) in [6.07, 6.45) is 2.48. The summed E-state index contributed by atoms with van der Waals surface area (Å²) in [6.45, 7) is 4.99. The summed E-state index contributed by atoms with van der Waals surface area (Å²) in [5.41, 5.74) is 5.85. The van der Waals surface area contributed by atoms with Gasteiger partial charge in [-0.2, -0.15) is 0 Å². The zero-order chi connectivity index (χ0) is 13.8. The maximum absolute atomic E-state index is 12.0. The predicted molar refractivity (Wildman–Crippen MR) is 71.9 cm³/mol. The lowest BCUT2D eigenvalue weighted by atomic mass is 9.92. The third-order valence-electron chi connectivity index (χ3n) is 3.41. The Morgan fingerprint density at radius 2 is 2.17 bits per heavy atom. The Labute approximate surface area is 110 Å². The Morgan fingerprint density at radius 1 is 1.50 bits per heavy atom. The third-order valence-corrected chi connectivity index (χ3v) is 5.13. The van der Waals surface area contributed by atoms with Gasteiger partial charge in [0.25, 0.3) is 0 Å². The van der Waals surface area contributed by atoms with Gasteiger partial charge in [0.2, 0.25) is 5.91 Å². The van der Waals surface area contributed by atoms with Crippen molar-refractivity contribution in [3.8, 4) is 0 Å². The van der Waals surface area contributed by atoms with Gasteiger partial charge in [0.05, 0.1) is 5.75 Å². The number of rotatable bonds is 5. The molecule has 1 aliphatic heterocycles. The molecule has 1 fully saturated rings. The van der Waals surface area contributed by atoms with Crippen LogP contribution in [-0.4, -0.2) is 49.9 Å².